The number of rotatable bonds is 7. The molecule has 0 aliphatic rings. The van der Waals surface area contributed by atoms with Gasteiger partial charge in [0.25, 0.3) is 0 Å². The lowest BCUT2D eigenvalue weighted by atomic mass is 10.0. The van der Waals surface area contributed by atoms with Gasteiger partial charge in [0.1, 0.15) is 34.7 Å². The van der Waals surface area contributed by atoms with Crippen LogP contribution < -0.4 is 14.7 Å². The largest absolute Gasteiger partial charge is 0.497 e. The van der Waals surface area contributed by atoms with Gasteiger partial charge in [0.2, 0.25) is 5.91 Å². The van der Waals surface area contributed by atoms with E-state index in [1.165, 1.54) is 11.6 Å². The zero-order valence-corrected chi connectivity index (χ0v) is 14.8. The third-order valence-corrected chi connectivity index (χ3v) is 4.19. The van der Waals surface area contributed by atoms with Crippen LogP contribution in [0.3, 0.4) is 0 Å². The highest BCUT2D eigenvalue weighted by atomic mass is 16.5. The summed E-state index contributed by atoms with van der Waals surface area (Å²) in [6.45, 7) is 2.05. The fraction of sp³-hybridized carbons (Fsp3) is 0.263. The quantitative estimate of drug-likeness (QED) is 0.505. The monoisotopic (exact) mass is 353 g/mol. The number of nitrogens with one attached hydrogen (secondary N) is 2. The Balaban J connectivity index is 1.95. The topological polar surface area (TPSA) is 91.6 Å². The van der Waals surface area contributed by atoms with Gasteiger partial charge in [0.05, 0.1) is 7.11 Å². The van der Waals surface area contributed by atoms with Gasteiger partial charge in [-0.05, 0) is 42.3 Å². The standard InChI is InChI=1S/C19H20N4O3/c1-13(24)21-8-5-16-17-12-15(25-2)3-4-18(17)26-19(16)11-14-6-9-23(22-20)10-7-14/h3-4,6-7,9-10,12,20H,5,8,11H2,1-2H3/p+1. The van der Waals surface area contributed by atoms with Crippen LogP contribution in [0.1, 0.15) is 23.8 Å². The Morgan fingerprint density at radius 3 is 2.73 bits per heavy atom. The SMILES string of the molecule is COc1ccc2oc(Cc3cc[n+](N=N)cc3)c(CCNC(C)=O)c2c1. The third-order valence-electron chi connectivity index (χ3n) is 4.19. The van der Waals surface area contributed by atoms with Gasteiger partial charge in [-0.25, -0.2) is 0 Å². The summed E-state index contributed by atoms with van der Waals surface area (Å²) >= 11 is 0. The van der Waals surface area contributed by atoms with Gasteiger partial charge in [0.15, 0.2) is 0 Å². The average Bonchev–Trinajstić information content (AvgIpc) is 2.98. The molecule has 7 heteroatoms. The Bertz CT molecular complexity index is 932. The maximum Gasteiger partial charge on any atom is 0.216 e. The molecule has 1 aromatic carbocycles. The molecule has 0 spiro atoms. The number of carbonyl (C=O) groups is 1. The van der Waals surface area contributed by atoms with Crippen LogP contribution in [0.2, 0.25) is 0 Å². The van der Waals surface area contributed by atoms with Gasteiger partial charge in [-0.3, -0.25) is 4.79 Å². The molecule has 0 aliphatic carbocycles. The lowest BCUT2D eigenvalue weighted by molar-refractivity contribution is -0.688. The van der Waals surface area contributed by atoms with Crippen LogP contribution >= 0.6 is 0 Å². The normalized spacial score (nSPS) is 10.7. The second-order valence-electron chi connectivity index (χ2n) is 5.96. The molecule has 2 heterocycles. The van der Waals surface area contributed by atoms with Crippen molar-refractivity contribution in [1.82, 2.24) is 5.32 Å². The number of methoxy groups -OCH3 is 1. The summed E-state index contributed by atoms with van der Waals surface area (Å²) in [5, 5.41) is 7.17. The lowest BCUT2D eigenvalue weighted by Crippen LogP contribution is -2.24. The first kappa shape index (κ1) is 17.6. The van der Waals surface area contributed by atoms with E-state index in [4.69, 9.17) is 14.7 Å². The molecule has 7 nitrogen and oxygen atoms in total. The molecule has 3 aromatic rings. The van der Waals surface area contributed by atoms with Crippen LogP contribution in [0.15, 0.2) is 52.4 Å². The Morgan fingerprint density at radius 1 is 1.31 bits per heavy atom. The summed E-state index contributed by atoms with van der Waals surface area (Å²) in [7, 11) is 1.63. The van der Waals surface area contributed by atoms with E-state index < -0.39 is 0 Å². The molecular formula is C19H21N4O3+. The molecule has 0 fully saturated rings. The zero-order valence-electron chi connectivity index (χ0n) is 14.8. The fourth-order valence-electron chi connectivity index (χ4n) is 2.91. The number of hydrogen-bond acceptors (Lipinski definition) is 5. The highest BCUT2D eigenvalue weighted by Crippen LogP contribution is 2.31. The van der Waals surface area contributed by atoms with Gasteiger partial charge < -0.3 is 14.5 Å². The number of carbonyl (C=O) groups excluding carboxylic acids is 1. The van der Waals surface area contributed by atoms with Crippen molar-refractivity contribution in [3.05, 3.63) is 59.6 Å². The molecule has 0 saturated heterocycles. The van der Waals surface area contributed by atoms with Crippen molar-refractivity contribution in [2.45, 2.75) is 19.8 Å². The number of benzene rings is 1. The molecule has 3 rings (SSSR count). The highest BCUT2D eigenvalue weighted by Gasteiger charge is 2.16. The maximum atomic E-state index is 11.2. The molecule has 0 atom stereocenters. The lowest BCUT2D eigenvalue weighted by Gasteiger charge is -2.05. The van der Waals surface area contributed by atoms with Crippen LogP contribution in [-0.4, -0.2) is 19.6 Å². The van der Waals surface area contributed by atoms with Gasteiger partial charge in [-0.2, -0.15) is 0 Å². The minimum atomic E-state index is -0.0521. The molecule has 0 bridgehead atoms. The van der Waals surface area contributed by atoms with Crippen LogP contribution in [0.25, 0.3) is 11.0 Å². The molecular weight excluding hydrogens is 332 g/mol. The van der Waals surface area contributed by atoms with Crippen molar-refractivity contribution in [2.24, 2.45) is 5.22 Å². The molecule has 26 heavy (non-hydrogen) atoms. The third kappa shape index (κ3) is 3.88. The summed E-state index contributed by atoms with van der Waals surface area (Å²) in [5.41, 5.74) is 9.93. The Hall–Kier alpha value is -3.22. The number of ether oxygens (including phenoxy) is 1. The molecule has 0 aliphatic heterocycles. The number of nitrogens with zero attached hydrogens (tertiary/aromatic N) is 2. The first-order valence-corrected chi connectivity index (χ1v) is 8.31. The van der Waals surface area contributed by atoms with Crippen LogP contribution in [0, 0.1) is 5.53 Å². The van der Waals surface area contributed by atoms with Crippen LogP contribution in [-0.2, 0) is 17.6 Å². The fourth-order valence-corrected chi connectivity index (χ4v) is 2.91. The van der Waals surface area contributed by atoms with Crippen LogP contribution in [0.5, 0.6) is 5.75 Å². The molecule has 1 amide bonds. The van der Waals surface area contributed by atoms with E-state index in [1.54, 1.807) is 19.5 Å². The molecule has 0 radical (unpaired) electrons. The zero-order chi connectivity index (χ0) is 18.5. The minimum Gasteiger partial charge on any atom is -0.497 e. The van der Waals surface area contributed by atoms with Crippen molar-refractivity contribution in [2.75, 3.05) is 13.7 Å². The Morgan fingerprint density at radius 2 is 2.08 bits per heavy atom. The van der Waals surface area contributed by atoms with E-state index in [9.17, 15) is 4.79 Å². The van der Waals surface area contributed by atoms with Crippen LogP contribution in [0.4, 0.5) is 0 Å². The molecule has 0 unspecified atom stereocenters. The summed E-state index contributed by atoms with van der Waals surface area (Å²) in [6.07, 6.45) is 4.74. The number of aromatic nitrogens is 1. The highest BCUT2D eigenvalue weighted by molar-refractivity contribution is 5.84. The van der Waals surface area contributed by atoms with E-state index in [0.717, 1.165) is 33.6 Å². The van der Waals surface area contributed by atoms with Gasteiger partial charge in [0, 0.05) is 36.4 Å². The number of pyridine rings is 1. The average molecular weight is 353 g/mol. The van der Waals surface area contributed by atoms with Crippen molar-refractivity contribution in [3.8, 4) is 5.75 Å². The Kier molecular flexibility index (Phi) is 5.26. The summed E-state index contributed by atoms with van der Waals surface area (Å²) in [4.78, 5) is 11.2. The van der Waals surface area contributed by atoms with Crippen molar-refractivity contribution < 1.29 is 18.6 Å². The summed E-state index contributed by atoms with van der Waals surface area (Å²) < 4.78 is 12.8. The minimum absolute atomic E-state index is 0.0521. The predicted octanol–water partition coefficient (Wildman–Crippen LogP) is 2.79. The number of hydrogen-bond donors (Lipinski definition) is 2. The van der Waals surface area contributed by atoms with Crippen molar-refractivity contribution >= 4 is 16.9 Å². The first-order valence-electron chi connectivity index (χ1n) is 8.31. The Labute approximate surface area is 151 Å². The predicted molar refractivity (Wildman–Crippen MR) is 95.1 cm³/mol. The van der Waals surface area contributed by atoms with Gasteiger partial charge >= 0.3 is 0 Å². The van der Waals surface area contributed by atoms with E-state index >= 15 is 0 Å². The van der Waals surface area contributed by atoms with E-state index in [-0.39, 0.29) is 5.91 Å². The molecule has 0 saturated carbocycles. The number of furan rings is 1. The number of fused-ring (bicyclic) bond motifs is 1. The smallest absolute Gasteiger partial charge is 0.216 e. The molecule has 2 aromatic heterocycles. The molecule has 2 N–H and O–H groups in total. The van der Waals surface area contributed by atoms with Gasteiger partial charge in [-0.15, -0.1) is 4.68 Å². The van der Waals surface area contributed by atoms with Crippen molar-refractivity contribution in [1.29, 1.82) is 5.53 Å². The van der Waals surface area contributed by atoms with Crippen molar-refractivity contribution in [3.63, 3.8) is 0 Å². The van der Waals surface area contributed by atoms with E-state index in [1.807, 2.05) is 30.3 Å². The maximum absolute atomic E-state index is 11.2. The number of amides is 1. The second-order valence-corrected chi connectivity index (χ2v) is 5.96. The molecule has 134 valence electrons. The van der Waals surface area contributed by atoms with E-state index in [0.29, 0.717) is 19.4 Å². The summed E-state index contributed by atoms with van der Waals surface area (Å²) in [6, 6.07) is 9.54. The summed E-state index contributed by atoms with van der Waals surface area (Å²) in [5.74, 6) is 1.58. The second kappa shape index (κ2) is 7.77. The van der Waals surface area contributed by atoms with Gasteiger partial charge in [-0.1, -0.05) is 0 Å². The first-order chi connectivity index (χ1) is 12.6. The van der Waals surface area contributed by atoms with E-state index in [2.05, 4.69) is 10.5 Å².